The lowest BCUT2D eigenvalue weighted by Gasteiger charge is -2.14. The van der Waals surface area contributed by atoms with Crippen molar-refractivity contribution >= 4 is 17.5 Å². The number of nitrogens with one attached hydrogen (secondary N) is 1. The predicted molar refractivity (Wildman–Crippen MR) is 83.3 cm³/mol. The number of nitrogens with zero attached hydrogens (tertiary/aromatic N) is 2. The van der Waals surface area contributed by atoms with Crippen molar-refractivity contribution in [2.45, 2.75) is 20.3 Å². The van der Waals surface area contributed by atoms with Crippen molar-refractivity contribution in [2.75, 3.05) is 43.8 Å². The second kappa shape index (κ2) is 7.26. The van der Waals surface area contributed by atoms with E-state index in [4.69, 9.17) is 10.5 Å². The summed E-state index contributed by atoms with van der Waals surface area (Å²) in [6, 6.07) is 1.67. The summed E-state index contributed by atoms with van der Waals surface area (Å²) >= 11 is 0. The van der Waals surface area contributed by atoms with E-state index in [9.17, 15) is 4.79 Å². The Kier molecular flexibility index (Phi) is 5.38. The number of hydrogen-bond acceptors (Lipinski definition) is 6. The van der Waals surface area contributed by atoms with Gasteiger partial charge in [0, 0.05) is 13.1 Å². The number of nitrogen functional groups attached to an aromatic ring is 1. The highest BCUT2D eigenvalue weighted by atomic mass is 16.5. The van der Waals surface area contributed by atoms with Gasteiger partial charge in [-0.15, -0.1) is 0 Å². The zero-order valence-electron chi connectivity index (χ0n) is 12.8. The number of anilines is 2. The Morgan fingerprint density at radius 3 is 3.05 bits per heavy atom. The molecule has 2 rings (SSSR count). The van der Waals surface area contributed by atoms with Crippen LogP contribution in [0.25, 0.3) is 0 Å². The summed E-state index contributed by atoms with van der Waals surface area (Å²) in [4.78, 5) is 18.5. The molecule has 1 unspecified atom stereocenters. The van der Waals surface area contributed by atoms with E-state index in [2.05, 4.69) is 22.1 Å². The van der Waals surface area contributed by atoms with E-state index >= 15 is 0 Å². The molecule has 3 N–H and O–H groups in total. The van der Waals surface area contributed by atoms with Crippen molar-refractivity contribution in [1.29, 1.82) is 0 Å². The van der Waals surface area contributed by atoms with E-state index < -0.39 is 5.97 Å². The predicted octanol–water partition coefficient (Wildman–Crippen LogP) is 1.59. The molecule has 2 heterocycles. The molecule has 0 amide bonds. The SMILES string of the molecule is CCOC(=O)c1cc(NCC2CCN(CC)C2)ncc1N. The molecule has 1 aromatic rings. The lowest BCUT2D eigenvalue weighted by Crippen LogP contribution is -2.22. The van der Waals surface area contributed by atoms with Gasteiger partial charge in [-0.25, -0.2) is 9.78 Å². The largest absolute Gasteiger partial charge is 0.462 e. The highest BCUT2D eigenvalue weighted by Gasteiger charge is 2.21. The summed E-state index contributed by atoms with van der Waals surface area (Å²) in [5, 5.41) is 3.29. The molecule has 21 heavy (non-hydrogen) atoms. The van der Waals surface area contributed by atoms with Crippen LogP contribution in [0.2, 0.25) is 0 Å². The average molecular weight is 292 g/mol. The van der Waals surface area contributed by atoms with Crippen LogP contribution in [0.1, 0.15) is 30.6 Å². The topological polar surface area (TPSA) is 80.5 Å². The molecule has 0 saturated carbocycles. The second-order valence-electron chi connectivity index (χ2n) is 5.31. The molecule has 0 bridgehead atoms. The average Bonchev–Trinajstić information content (AvgIpc) is 2.94. The number of carbonyl (C=O) groups is 1. The first-order valence-electron chi connectivity index (χ1n) is 7.52. The molecule has 0 spiro atoms. The van der Waals surface area contributed by atoms with Crippen molar-refractivity contribution in [1.82, 2.24) is 9.88 Å². The van der Waals surface area contributed by atoms with Crippen molar-refractivity contribution in [3.63, 3.8) is 0 Å². The van der Waals surface area contributed by atoms with Crippen LogP contribution in [0.15, 0.2) is 12.3 Å². The van der Waals surface area contributed by atoms with Crippen LogP contribution in [-0.4, -0.2) is 48.6 Å². The van der Waals surface area contributed by atoms with Gasteiger partial charge in [-0.1, -0.05) is 6.92 Å². The summed E-state index contributed by atoms with van der Waals surface area (Å²) in [7, 11) is 0. The van der Waals surface area contributed by atoms with Crippen molar-refractivity contribution in [3.8, 4) is 0 Å². The van der Waals surface area contributed by atoms with Gasteiger partial charge in [-0.2, -0.15) is 0 Å². The number of pyridine rings is 1. The fourth-order valence-electron chi connectivity index (χ4n) is 2.56. The van der Waals surface area contributed by atoms with Gasteiger partial charge in [0.05, 0.1) is 24.1 Å². The lowest BCUT2D eigenvalue weighted by molar-refractivity contribution is 0.0527. The first kappa shape index (κ1) is 15.6. The van der Waals surface area contributed by atoms with Gasteiger partial charge in [0.1, 0.15) is 5.82 Å². The van der Waals surface area contributed by atoms with E-state index in [0.29, 0.717) is 29.6 Å². The Labute approximate surface area is 125 Å². The number of nitrogens with two attached hydrogens (primary N) is 1. The first-order valence-corrected chi connectivity index (χ1v) is 7.52. The van der Waals surface area contributed by atoms with Crippen LogP contribution in [0.4, 0.5) is 11.5 Å². The van der Waals surface area contributed by atoms with Gasteiger partial charge in [0.25, 0.3) is 0 Å². The van der Waals surface area contributed by atoms with Gasteiger partial charge in [0.15, 0.2) is 0 Å². The molecule has 1 fully saturated rings. The number of hydrogen-bond donors (Lipinski definition) is 2. The molecule has 0 aromatic carbocycles. The third-order valence-corrected chi connectivity index (χ3v) is 3.82. The van der Waals surface area contributed by atoms with Crippen LogP contribution >= 0.6 is 0 Å². The maximum absolute atomic E-state index is 11.8. The number of ether oxygens (including phenoxy) is 1. The summed E-state index contributed by atoms with van der Waals surface area (Å²) < 4.78 is 4.99. The Morgan fingerprint density at radius 2 is 2.38 bits per heavy atom. The quantitative estimate of drug-likeness (QED) is 0.775. The highest BCUT2D eigenvalue weighted by molar-refractivity contribution is 5.95. The molecule has 1 aliphatic rings. The molecule has 1 saturated heterocycles. The minimum atomic E-state index is -0.404. The summed E-state index contributed by atoms with van der Waals surface area (Å²) in [5.41, 5.74) is 6.49. The van der Waals surface area contributed by atoms with E-state index in [1.807, 2.05) is 0 Å². The normalized spacial score (nSPS) is 18.7. The Balaban J connectivity index is 1.95. The smallest absolute Gasteiger partial charge is 0.340 e. The maximum atomic E-state index is 11.8. The van der Waals surface area contributed by atoms with E-state index in [-0.39, 0.29) is 0 Å². The van der Waals surface area contributed by atoms with Crippen LogP contribution < -0.4 is 11.1 Å². The van der Waals surface area contributed by atoms with Crippen LogP contribution in [-0.2, 0) is 4.74 Å². The number of aromatic nitrogens is 1. The number of esters is 1. The Bertz CT molecular complexity index is 493. The third-order valence-electron chi connectivity index (χ3n) is 3.82. The molecule has 6 heteroatoms. The van der Waals surface area contributed by atoms with E-state index in [0.717, 1.165) is 26.2 Å². The van der Waals surface area contributed by atoms with Gasteiger partial charge < -0.3 is 20.7 Å². The standard InChI is InChI=1S/C15H24N4O2/c1-3-19-6-5-11(10-19)8-17-14-7-12(13(16)9-18-14)15(20)21-4-2/h7,9,11H,3-6,8,10,16H2,1-2H3,(H,17,18). The Hall–Kier alpha value is -1.82. The third kappa shape index (κ3) is 4.07. The molecule has 1 aromatic heterocycles. The van der Waals surface area contributed by atoms with Gasteiger partial charge >= 0.3 is 5.97 Å². The number of likely N-dealkylation sites (tertiary alicyclic amines) is 1. The van der Waals surface area contributed by atoms with Crippen molar-refractivity contribution in [3.05, 3.63) is 17.8 Å². The Morgan fingerprint density at radius 1 is 1.57 bits per heavy atom. The van der Waals surface area contributed by atoms with E-state index in [1.165, 1.54) is 12.6 Å². The fourth-order valence-corrected chi connectivity index (χ4v) is 2.56. The van der Waals surface area contributed by atoms with Crippen LogP contribution in [0.3, 0.4) is 0 Å². The first-order chi connectivity index (χ1) is 10.1. The van der Waals surface area contributed by atoms with Crippen LogP contribution in [0, 0.1) is 5.92 Å². The maximum Gasteiger partial charge on any atom is 0.340 e. The number of carbonyl (C=O) groups excluding carboxylic acids is 1. The molecule has 1 aliphatic heterocycles. The molecule has 116 valence electrons. The van der Waals surface area contributed by atoms with Gasteiger partial charge in [-0.05, 0) is 38.4 Å². The summed E-state index contributed by atoms with van der Waals surface area (Å²) in [5.74, 6) is 0.885. The fraction of sp³-hybridized carbons (Fsp3) is 0.600. The minimum absolute atomic E-state index is 0.332. The zero-order chi connectivity index (χ0) is 15.2. The zero-order valence-corrected chi connectivity index (χ0v) is 12.8. The van der Waals surface area contributed by atoms with Gasteiger partial charge in [-0.3, -0.25) is 0 Å². The molecule has 0 radical (unpaired) electrons. The molecule has 6 nitrogen and oxygen atoms in total. The molecule has 0 aliphatic carbocycles. The summed E-state index contributed by atoms with van der Waals surface area (Å²) in [6.45, 7) is 8.52. The molecule has 1 atom stereocenters. The summed E-state index contributed by atoms with van der Waals surface area (Å²) in [6.07, 6.45) is 2.70. The minimum Gasteiger partial charge on any atom is -0.462 e. The van der Waals surface area contributed by atoms with E-state index in [1.54, 1.807) is 13.0 Å². The van der Waals surface area contributed by atoms with Gasteiger partial charge in [0.2, 0.25) is 0 Å². The molecular formula is C15H24N4O2. The lowest BCUT2D eigenvalue weighted by atomic mass is 10.1. The molecular weight excluding hydrogens is 268 g/mol. The second-order valence-corrected chi connectivity index (χ2v) is 5.31. The highest BCUT2D eigenvalue weighted by Crippen LogP contribution is 2.19. The van der Waals surface area contributed by atoms with Crippen LogP contribution in [0.5, 0.6) is 0 Å². The van der Waals surface area contributed by atoms with Crippen molar-refractivity contribution < 1.29 is 9.53 Å². The van der Waals surface area contributed by atoms with Crippen molar-refractivity contribution in [2.24, 2.45) is 5.92 Å². The monoisotopic (exact) mass is 292 g/mol. The number of rotatable bonds is 6.